The number of carbonyl (C=O) groups excluding carboxylic acids is 2. The average molecular weight is 373 g/mol. The number of non-ortho nitro benzene ring substituents is 1. The van der Waals surface area contributed by atoms with Gasteiger partial charge in [0.25, 0.3) is 5.69 Å². The maximum absolute atomic E-state index is 12.7. The highest BCUT2D eigenvalue weighted by molar-refractivity contribution is 6.08. The number of phenolic OH excluding ortho intramolecular Hbond substituents is 1. The van der Waals surface area contributed by atoms with Gasteiger partial charge in [-0.05, 0) is 50.1 Å². The molecule has 0 spiro atoms. The number of nitrogens with zero attached hydrogens (tertiary/aromatic N) is 1. The second kappa shape index (κ2) is 7.86. The molecule has 0 unspecified atom stereocenters. The maximum atomic E-state index is 12.7. The van der Waals surface area contributed by atoms with Gasteiger partial charge in [0.15, 0.2) is 0 Å². The fourth-order valence-electron chi connectivity index (χ4n) is 2.68. The van der Waals surface area contributed by atoms with E-state index in [4.69, 9.17) is 9.47 Å². The summed E-state index contributed by atoms with van der Waals surface area (Å²) in [6.07, 6.45) is -0.406. The summed E-state index contributed by atoms with van der Waals surface area (Å²) in [5, 5.41) is 21.2. The van der Waals surface area contributed by atoms with Crippen molar-refractivity contribution in [3.05, 3.63) is 57.1 Å². The normalized spacial score (nSPS) is 10.6. The third kappa shape index (κ3) is 4.05. The van der Waals surface area contributed by atoms with Gasteiger partial charge in [-0.1, -0.05) is 0 Å². The van der Waals surface area contributed by atoms with Crippen molar-refractivity contribution >= 4 is 17.6 Å². The van der Waals surface area contributed by atoms with Crippen molar-refractivity contribution in [1.29, 1.82) is 0 Å². The third-order valence-corrected chi connectivity index (χ3v) is 3.81. The molecule has 1 N–H and O–H groups in total. The van der Waals surface area contributed by atoms with Crippen LogP contribution in [0.4, 0.5) is 5.69 Å². The van der Waals surface area contributed by atoms with E-state index in [1.807, 2.05) is 0 Å². The zero-order chi connectivity index (χ0) is 20.3. The van der Waals surface area contributed by atoms with Gasteiger partial charge in [-0.25, -0.2) is 9.59 Å². The van der Waals surface area contributed by atoms with E-state index in [1.165, 1.54) is 30.3 Å². The predicted molar refractivity (Wildman–Crippen MR) is 96.8 cm³/mol. The number of aromatic hydroxyl groups is 1. The van der Waals surface area contributed by atoms with Crippen LogP contribution in [-0.2, 0) is 9.47 Å². The largest absolute Gasteiger partial charge is 0.507 e. The van der Waals surface area contributed by atoms with Crippen LogP contribution in [0.25, 0.3) is 11.1 Å². The molecule has 0 amide bonds. The Morgan fingerprint density at radius 1 is 1.11 bits per heavy atom. The van der Waals surface area contributed by atoms with Gasteiger partial charge in [0.05, 0.1) is 23.7 Å². The van der Waals surface area contributed by atoms with E-state index in [2.05, 4.69) is 0 Å². The third-order valence-electron chi connectivity index (χ3n) is 3.81. The van der Waals surface area contributed by atoms with Gasteiger partial charge in [-0.2, -0.15) is 0 Å². The van der Waals surface area contributed by atoms with Crippen molar-refractivity contribution in [3.63, 3.8) is 0 Å². The Morgan fingerprint density at radius 3 is 2.19 bits per heavy atom. The van der Waals surface area contributed by atoms with Gasteiger partial charge in [0, 0.05) is 17.7 Å². The van der Waals surface area contributed by atoms with Crippen molar-refractivity contribution in [1.82, 2.24) is 0 Å². The Morgan fingerprint density at radius 2 is 1.70 bits per heavy atom. The van der Waals surface area contributed by atoms with Crippen LogP contribution in [0.2, 0.25) is 0 Å². The quantitative estimate of drug-likeness (QED) is 0.483. The standard InChI is InChI=1S/C19H19NO7/c1-10(2)27-19(23)15-11(3)9-14(21)17(18(22)26-4)16(15)12-5-7-13(8-6-12)20(24)25/h5-10,21H,1-4H3. The van der Waals surface area contributed by atoms with Crippen LogP contribution in [0.1, 0.15) is 40.1 Å². The molecule has 0 heterocycles. The number of nitro benzene ring substituents is 1. The first-order chi connectivity index (χ1) is 12.7. The fourth-order valence-corrected chi connectivity index (χ4v) is 2.68. The summed E-state index contributed by atoms with van der Waals surface area (Å²) < 4.78 is 10.0. The van der Waals surface area contributed by atoms with Gasteiger partial charge in [0.2, 0.25) is 0 Å². The average Bonchev–Trinajstić information content (AvgIpc) is 2.59. The molecular weight excluding hydrogens is 354 g/mol. The number of nitro groups is 1. The van der Waals surface area contributed by atoms with Gasteiger partial charge >= 0.3 is 11.9 Å². The molecule has 0 saturated heterocycles. The number of benzene rings is 2. The Labute approximate surface area is 155 Å². The lowest BCUT2D eigenvalue weighted by Crippen LogP contribution is -2.16. The first-order valence-corrected chi connectivity index (χ1v) is 8.08. The molecule has 8 nitrogen and oxygen atoms in total. The SMILES string of the molecule is COC(=O)c1c(O)cc(C)c(C(=O)OC(C)C)c1-c1ccc([N+](=O)[O-])cc1. The molecule has 0 aromatic heterocycles. The predicted octanol–water partition coefficient (Wildman–Crippen LogP) is 3.63. The molecule has 142 valence electrons. The molecule has 2 rings (SSSR count). The number of ether oxygens (including phenoxy) is 2. The minimum absolute atomic E-state index is 0.0794. The van der Waals surface area contributed by atoms with Crippen molar-refractivity contribution in [2.75, 3.05) is 7.11 Å². The summed E-state index contributed by atoms with van der Waals surface area (Å²) in [6, 6.07) is 6.55. The Bertz CT molecular complexity index is 901. The number of hydrogen-bond acceptors (Lipinski definition) is 7. The van der Waals surface area contributed by atoms with Crippen molar-refractivity contribution in [3.8, 4) is 16.9 Å². The van der Waals surface area contributed by atoms with E-state index >= 15 is 0 Å². The molecular formula is C19H19NO7. The van der Waals surface area contributed by atoms with Crippen LogP contribution in [0.3, 0.4) is 0 Å². The van der Waals surface area contributed by atoms with Crippen LogP contribution < -0.4 is 0 Å². The van der Waals surface area contributed by atoms with E-state index < -0.39 is 23.0 Å². The molecule has 0 aliphatic rings. The van der Waals surface area contributed by atoms with E-state index in [1.54, 1.807) is 20.8 Å². The number of methoxy groups -OCH3 is 1. The molecule has 8 heteroatoms. The minimum Gasteiger partial charge on any atom is -0.507 e. The smallest absolute Gasteiger partial charge is 0.342 e. The van der Waals surface area contributed by atoms with Gasteiger partial charge in [-0.3, -0.25) is 10.1 Å². The molecule has 0 aliphatic carbocycles. The number of phenols is 1. The van der Waals surface area contributed by atoms with Crippen LogP contribution in [0.5, 0.6) is 5.75 Å². The lowest BCUT2D eigenvalue weighted by Gasteiger charge is -2.18. The molecule has 0 saturated carbocycles. The van der Waals surface area contributed by atoms with Crippen LogP contribution in [-0.4, -0.2) is 35.2 Å². The summed E-state index contributed by atoms with van der Waals surface area (Å²) in [6.45, 7) is 4.95. The Kier molecular flexibility index (Phi) is 5.79. The monoisotopic (exact) mass is 373 g/mol. The second-order valence-corrected chi connectivity index (χ2v) is 6.09. The summed E-state index contributed by atoms with van der Waals surface area (Å²) in [7, 11) is 1.15. The zero-order valence-electron chi connectivity index (χ0n) is 15.3. The lowest BCUT2D eigenvalue weighted by molar-refractivity contribution is -0.384. The van der Waals surface area contributed by atoms with Crippen LogP contribution in [0.15, 0.2) is 30.3 Å². The molecule has 2 aromatic rings. The van der Waals surface area contributed by atoms with E-state index in [9.17, 15) is 24.8 Å². The summed E-state index contributed by atoms with van der Waals surface area (Å²) in [4.78, 5) is 35.3. The van der Waals surface area contributed by atoms with Gasteiger partial charge in [0.1, 0.15) is 11.3 Å². The van der Waals surface area contributed by atoms with Gasteiger partial charge in [-0.15, -0.1) is 0 Å². The zero-order valence-corrected chi connectivity index (χ0v) is 15.3. The maximum Gasteiger partial charge on any atom is 0.342 e. The van der Waals surface area contributed by atoms with Crippen LogP contribution in [0, 0.1) is 17.0 Å². The Hall–Kier alpha value is -3.42. The summed E-state index contributed by atoms with van der Waals surface area (Å²) in [5.41, 5.74) is 0.528. The number of rotatable bonds is 5. The first-order valence-electron chi connectivity index (χ1n) is 8.08. The number of aryl methyl sites for hydroxylation is 1. The minimum atomic E-state index is -0.848. The molecule has 0 atom stereocenters. The fraction of sp³-hybridized carbons (Fsp3) is 0.263. The molecule has 0 radical (unpaired) electrons. The highest BCUT2D eigenvalue weighted by Gasteiger charge is 2.28. The van der Waals surface area contributed by atoms with E-state index in [-0.39, 0.29) is 28.1 Å². The van der Waals surface area contributed by atoms with Crippen molar-refractivity contribution in [2.24, 2.45) is 0 Å². The molecule has 2 aromatic carbocycles. The van der Waals surface area contributed by atoms with Gasteiger partial charge < -0.3 is 14.6 Å². The second-order valence-electron chi connectivity index (χ2n) is 6.09. The number of hydrogen-bond donors (Lipinski definition) is 1. The molecule has 0 bridgehead atoms. The Balaban J connectivity index is 2.82. The van der Waals surface area contributed by atoms with Crippen LogP contribution >= 0.6 is 0 Å². The highest BCUT2D eigenvalue weighted by atomic mass is 16.6. The highest BCUT2D eigenvalue weighted by Crippen LogP contribution is 2.37. The van der Waals surface area contributed by atoms with Crippen molar-refractivity contribution in [2.45, 2.75) is 26.9 Å². The van der Waals surface area contributed by atoms with E-state index in [0.29, 0.717) is 11.1 Å². The molecule has 0 aliphatic heterocycles. The molecule has 0 fully saturated rings. The van der Waals surface area contributed by atoms with E-state index in [0.717, 1.165) is 7.11 Å². The summed E-state index contributed by atoms with van der Waals surface area (Å²) in [5.74, 6) is -1.89. The number of carbonyl (C=O) groups is 2. The number of esters is 2. The summed E-state index contributed by atoms with van der Waals surface area (Å²) >= 11 is 0. The lowest BCUT2D eigenvalue weighted by atomic mass is 9.90. The van der Waals surface area contributed by atoms with Crippen molar-refractivity contribution < 1.29 is 29.1 Å². The first kappa shape index (κ1) is 19.9. The topological polar surface area (TPSA) is 116 Å². The molecule has 27 heavy (non-hydrogen) atoms.